The van der Waals surface area contributed by atoms with Crippen molar-refractivity contribution in [3.8, 4) is 5.75 Å². The number of carbonyl (C=O) groups excluding carboxylic acids is 1. The SMILES string of the molecule is CCOc1ccc(NC(=O)Cn2nccc2C)c([N+](=O)[O-])c1. The summed E-state index contributed by atoms with van der Waals surface area (Å²) in [7, 11) is 0. The quantitative estimate of drug-likeness (QED) is 0.651. The predicted octanol–water partition coefficient (Wildman–Crippen LogP) is 2.14. The Morgan fingerprint density at radius 3 is 2.82 bits per heavy atom. The molecule has 1 aromatic heterocycles. The number of nitrogens with one attached hydrogen (secondary N) is 1. The number of nitro groups is 1. The molecule has 8 heteroatoms. The molecular weight excluding hydrogens is 288 g/mol. The molecule has 116 valence electrons. The molecule has 0 unspecified atom stereocenters. The molecule has 1 amide bonds. The summed E-state index contributed by atoms with van der Waals surface area (Å²) >= 11 is 0. The van der Waals surface area contributed by atoms with Crippen LogP contribution in [0.1, 0.15) is 12.6 Å². The molecule has 0 aliphatic carbocycles. The summed E-state index contributed by atoms with van der Waals surface area (Å²) in [6.07, 6.45) is 1.59. The van der Waals surface area contributed by atoms with E-state index in [0.717, 1.165) is 5.69 Å². The molecule has 22 heavy (non-hydrogen) atoms. The number of carbonyl (C=O) groups is 1. The van der Waals surface area contributed by atoms with Gasteiger partial charge in [0.15, 0.2) is 0 Å². The van der Waals surface area contributed by atoms with E-state index in [1.165, 1.54) is 16.8 Å². The maximum Gasteiger partial charge on any atom is 0.296 e. The summed E-state index contributed by atoms with van der Waals surface area (Å²) < 4.78 is 6.74. The van der Waals surface area contributed by atoms with E-state index in [4.69, 9.17) is 4.74 Å². The molecule has 1 N–H and O–H groups in total. The number of benzene rings is 1. The van der Waals surface area contributed by atoms with Gasteiger partial charge in [0.2, 0.25) is 5.91 Å². The fourth-order valence-electron chi connectivity index (χ4n) is 1.91. The van der Waals surface area contributed by atoms with Crippen molar-refractivity contribution in [3.63, 3.8) is 0 Å². The van der Waals surface area contributed by atoms with Gasteiger partial charge < -0.3 is 10.1 Å². The van der Waals surface area contributed by atoms with E-state index in [1.807, 2.05) is 6.92 Å². The molecule has 2 aromatic rings. The van der Waals surface area contributed by atoms with Crippen LogP contribution in [0.15, 0.2) is 30.5 Å². The summed E-state index contributed by atoms with van der Waals surface area (Å²) in [5.74, 6) is -0.00539. The van der Waals surface area contributed by atoms with Gasteiger partial charge in [-0.05, 0) is 32.0 Å². The van der Waals surface area contributed by atoms with E-state index in [1.54, 1.807) is 25.3 Å². The maximum atomic E-state index is 12.0. The van der Waals surface area contributed by atoms with E-state index < -0.39 is 4.92 Å². The van der Waals surface area contributed by atoms with Crippen molar-refractivity contribution in [1.82, 2.24) is 9.78 Å². The Bertz CT molecular complexity index is 696. The summed E-state index contributed by atoms with van der Waals surface area (Å²) in [4.78, 5) is 22.5. The molecule has 0 fully saturated rings. The number of hydrogen-bond donors (Lipinski definition) is 1. The highest BCUT2D eigenvalue weighted by Crippen LogP contribution is 2.29. The average Bonchev–Trinajstić information content (AvgIpc) is 2.86. The van der Waals surface area contributed by atoms with Gasteiger partial charge in [0.25, 0.3) is 5.69 Å². The molecule has 1 heterocycles. The molecule has 0 saturated heterocycles. The molecule has 2 rings (SSSR count). The molecule has 8 nitrogen and oxygen atoms in total. The second-order valence-electron chi connectivity index (χ2n) is 4.55. The van der Waals surface area contributed by atoms with Crippen LogP contribution in [-0.2, 0) is 11.3 Å². The average molecular weight is 304 g/mol. The highest BCUT2D eigenvalue weighted by molar-refractivity contribution is 5.93. The van der Waals surface area contributed by atoms with Gasteiger partial charge in [-0.2, -0.15) is 5.10 Å². The van der Waals surface area contributed by atoms with E-state index in [-0.39, 0.29) is 23.8 Å². The van der Waals surface area contributed by atoms with E-state index in [0.29, 0.717) is 12.4 Å². The molecule has 0 aliphatic heterocycles. The third-order valence-electron chi connectivity index (χ3n) is 2.97. The Balaban J connectivity index is 2.16. The smallest absolute Gasteiger partial charge is 0.296 e. The number of aromatic nitrogens is 2. The lowest BCUT2D eigenvalue weighted by Gasteiger charge is -2.09. The van der Waals surface area contributed by atoms with Gasteiger partial charge in [-0.3, -0.25) is 19.6 Å². The second-order valence-corrected chi connectivity index (χ2v) is 4.55. The topological polar surface area (TPSA) is 99.3 Å². The number of nitrogens with zero attached hydrogens (tertiary/aromatic N) is 3. The van der Waals surface area contributed by atoms with Crippen molar-refractivity contribution >= 4 is 17.3 Å². The monoisotopic (exact) mass is 304 g/mol. The van der Waals surface area contributed by atoms with Crippen LogP contribution in [0, 0.1) is 17.0 Å². The minimum absolute atomic E-state index is 0.0107. The van der Waals surface area contributed by atoms with Gasteiger partial charge in [0.05, 0.1) is 17.6 Å². The van der Waals surface area contributed by atoms with Gasteiger partial charge >= 0.3 is 0 Å². The predicted molar refractivity (Wildman–Crippen MR) is 79.9 cm³/mol. The first-order valence-electron chi connectivity index (χ1n) is 6.70. The van der Waals surface area contributed by atoms with Gasteiger partial charge in [0.1, 0.15) is 18.0 Å². The van der Waals surface area contributed by atoms with Crippen LogP contribution in [0.25, 0.3) is 0 Å². The summed E-state index contributed by atoms with van der Waals surface area (Å²) in [6, 6.07) is 6.09. The molecule has 0 atom stereocenters. The molecule has 0 radical (unpaired) electrons. The zero-order valence-corrected chi connectivity index (χ0v) is 12.3. The maximum absolute atomic E-state index is 12.0. The molecule has 0 saturated carbocycles. The molecule has 0 bridgehead atoms. The molecule has 0 spiro atoms. The highest BCUT2D eigenvalue weighted by atomic mass is 16.6. The Labute approximate surface area is 126 Å². The second kappa shape index (κ2) is 6.70. The minimum Gasteiger partial charge on any atom is -0.494 e. The number of hydrogen-bond acceptors (Lipinski definition) is 5. The van der Waals surface area contributed by atoms with Crippen LogP contribution >= 0.6 is 0 Å². The lowest BCUT2D eigenvalue weighted by Crippen LogP contribution is -2.20. The lowest BCUT2D eigenvalue weighted by atomic mass is 10.2. The van der Waals surface area contributed by atoms with Crippen LogP contribution in [0.2, 0.25) is 0 Å². The van der Waals surface area contributed by atoms with E-state index in [9.17, 15) is 14.9 Å². The van der Waals surface area contributed by atoms with Crippen LogP contribution in [0.5, 0.6) is 5.75 Å². The van der Waals surface area contributed by atoms with Crippen LogP contribution in [-0.4, -0.2) is 27.2 Å². The Hall–Kier alpha value is -2.90. The number of nitro benzene ring substituents is 1. The number of ether oxygens (including phenoxy) is 1. The molecular formula is C14H16N4O4. The minimum atomic E-state index is -0.558. The fraction of sp³-hybridized carbons (Fsp3) is 0.286. The number of amides is 1. The van der Waals surface area contributed by atoms with Crippen molar-refractivity contribution in [2.45, 2.75) is 20.4 Å². The van der Waals surface area contributed by atoms with Crippen LogP contribution in [0.3, 0.4) is 0 Å². The summed E-state index contributed by atoms with van der Waals surface area (Å²) in [5.41, 5.74) is 0.746. The Morgan fingerprint density at radius 1 is 1.45 bits per heavy atom. The third-order valence-corrected chi connectivity index (χ3v) is 2.97. The summed E-state index contributed by atoms with van der Waals surface area (Å²) in [6.45, 7) is 4.00. The Morgan fingerprint density at radius 2 is 2.23 bits per heavy atom. The van der Waals surface area contributed by atoms with E-state index >= 15 is 0 Å². The third kappa shape index (κ3) is 3.60. The zero-order chi connectivity index (χ0) is 16.1. The van der Waals surface area contributed by atoms with Gasteiger partial charge in [-0.15, -0.1) is 0 Å². The Kier molecular flexibility index (Phi) is 4.72. The van der Waals surface area contributed by atoms with Crippen molar-refractivity contribution in [2.24, 2.45) is 0 Å². The largest absolute Gasteiger partial charge is 0.494 e. The van der Waals surface area contributed by atoms with Gasteiger partial charge in [0, 0.05) is 11.9 Å². The van der Waals surface area contributed by atoms with Crippen molar-refractivity contribution < 1.29 is 14.5 Å². The molecule has 0 aliphatic rings. The van der Waals surface area contributed by atoms with Crippen molar-refractivity contribution in [1.29, 1.82) is 0 Å². The van der Waals surface area contributed by atoms with Gasteiger partial charge in [-0.25, -0.2) is 0 Å². The van der Waals surface area contributed by atoms with Gasteiger partial charge in [-0.1, -0.05) is 0 Å². The van der Waals surface area contributed by atoms with Crippen molar-refractivity contribution in [2.75, 3.05) is 11.9 Å². The van der Waals surface area contributed by atoms with Crippen LogP contribution in [0.4, 0.5) is 11.4 Å². The molecule has 1 aromatic carbocycles. The highest BCUT2D eigenvalue weighted by Gasteiger charge is 2.17. The number of anilines is 1. The lowest BCUT2D eigenvalue weighted by molar-refractivity contribution is -0.384. The first-order valence-corrected chi connectivity index (χ1v) is 6.70. The van der Waals surface area contributed by atoms with Crippen molar-refractivity contribution in [3.05, 3.63) is 46.3 Å². The number of aryl methyl sites for hydroxylation is 1. The summed E-state index contributed by atoms with van der Waals surface area (Å²) in [5, 5.41) is 17.6. The van der Waals surface area contributed by atoms with Crippen LogP contribution < -0.4 is 10.1 Å². The van der Waals surface area contributed by atoms with E-state index in [2.05, 4.69) is 10.4 Å². The standard InChI is InChI=1S/C14H16N4O4/c1-3-22-11-4-5-12(13(8-11)18(20)21)16-14(19)9-17-10(2)6-7-15-17/h4-8H,3,9H2,1-2H3,(H,16,19). The zero-order valence-electron chi connectivity index (χ0n) is 12.3. The first-order chi connectivity index (χ1) is 10.5. The first kappa shape index (κ1) is 15.5. The fourth-order valence-corrected chi connectivity index (χ4v) is 1.91. The normalized spacial score (nSPS) is 10.3. The number of rotatable bonds is 6.